The molecule has 1 heterocycles. The molecule has 8 heteroatoms. The number of ether oxygens (including phenoxy) is 4. The number of benzene rings is 3. The summed E-state index contributed by atoms with van der Waals surface area (Å²) in [5.41, 5.74) is 1.86. The van der Waals surface area contributed by atoms with Crippen LogP contribution in [0.1, 0.15) is 44.2 Å². The first-order valence-corrected chi connectivity index (χ1v) is 13.6. The van der Waals surface area contributed by atoms with Gasteiger partial charge in [-0.25, -0.2) is 0 Å². The third kappa shape index (κ3) is 6.81. The summed E-state index contributed by atoms with van der Waals surface area (Å²) in [5.74, 6) is 3.56. The predicted octanol–water partition coefficient (Wildman–Crippen LogP) is 6.88. The van der Waals surface area contributed by atoms with Gasteiger partial charge in [0.05, 0.1) is 20.3 Å². The molecule has 3 aromatic carbocycles. The average Bonchev–Trinajstić information content (AvgIpc) is 3.19. The average molecular weight is 536 g/mol. The fraction of sp³-hybridized carbons (Fsp3) is 0.333. The Morgan fingerprint density at radius 2 is 1.55 bits per heavy atom. The summed E-state index contributed by atoms with van der Waals surface area (Å²) in [6, 6.07) is 20.8. The van der Waals surface area contributed by atoms with E-state index in [0.29, 0.717) is 19.0 Å². The third-order valence-electron chi connectivity index (χ3n) is 6.24. The molecule has 1 aliphatic rings. The summed E-state index contributed by atoms with van der Waals surface area (Å²) >= 11 is 0.993. The Hall–Kier alpha value is -3.65. The molecule has 0 aromatic heterocycles. The van der Waals surface area contributed by atoms with Gasteiger partial charge >= 0.3 is 0 Å². The number of amides is 2. The number of hydrogen-bond acceptors (Lipinski definition) is 7. The molecule has 0 bridgehead atoms. The first-order chi connectivity index (χ1) is 18.4. The minimum absolute atomic E-state index is 0.301. The maximum absolute atomic E-state index is 12.2. The maximum atomic E-state index is 12.2. The van der Waals surface area contributed by atoms with Gasteiger partial charge in [-0.2, -0.15) is 0 Å². The van der Waals surface area contributed by atoms with E-state index in [4.69, 9.17) is 18.9 Å². The van der Waals surface area contributed by atoms with E-state index < -0.39 is 4.75 Å². The molecule has 1 atom stereocenters. The van der Waals surface area contributed by atoms with Crippen molar-refractivity contribution in [2.75, 3.05) is 20.3 Å². The van der Waals surface area contributed by atoms with Gasteiger partial charge < -0.3 is 18.9 Å². The van der Waals surface area contributed by atoms with Crippen LogP contribution in [0.25, 0.3) is 0 Å². The van der Waals surface area contributed by atoms with Crippen molar-refractivity contribution in [3.63, 3.8) is 0 Å². The molecule has 1 unspecified atom stereocenters. The molecule has 1 saturated heterocycles. The third-order valence-corrected chi connectivity index (χ3v) is 7.36. The number of methoxy groups -OCH3 is 1. The number of unbranched alkanes of at least 4 members (excludes halogenated alkanes) is 1. The first kappa shape index (κ1) is 27.4. The second-order valence-corrected chi connectivity index (χ2v) is 10.5. The normalized spacial score (nSPS) is 16.7. The Morgan fingerprint density at radius 1 is 0.842 bits per heavy atom. The molecule has 1 aliphatic heterocycles. The van der Waals surface area contributed by atoms with Crippen molar-refractivity contribution in [3.8, 4) is 28.7 Å². The van der Waals surface area contributed by atoms with E-state index in [2.05, 4.69) is 12.2 Å². The largest absolute Gasteiger partial charge is 0.497 e. The minimum atomic E-state index is -0.935. The fourth-order valence-electron chi connectivity index (χ4n) is 4.12. The van der Waals surface area contributed by atoms with Crippen LogP contribution in [-0.4, -0.2) is 31.5 Å². The van der Waals surface area contributed by atoms with E-state index in [1.165, 1.54) is 0 Å². The van der Waals surface area contributed by atoms with Gasteiger partial charge in [0.1, 0.15) is 33.5 Å². The van der Waals surface area contributed by atoms with Gasteiger partial charge in [0.25, 0.3) is 5.24 Å². The van der Waals surface area contributed by atoms with E-state index in [0.717, 1.165) is 71.6 Å². The van der Waals surface area contributed by atoms with Gasteiger partial charge in [0, 0.05) is 0 Å². The smallest absolute Gasteiger partial charge is 0.287 e. The second-order valence-electron chi connectivity index (χ2n) is 9.11. The molecule has 1 N–H and O–H groups in total. The number of nitrogens with one attached hydrogen (secondary N) is 1. The van der Waals surface area contributed by atoms with E-state index in [9.17, 15) is 9.59 Å². The molecule has 4 rings (SSSR count). The van der Waals surface area contributed by atoms with Crippen molar-refractivity contribution >= 4 is 22.9 Å². The van der Waals surface area contributed by atoms with Gasteiger partial charge in [-0.1, -0.05) is 25.5 Å². The summed E-state index contributed by atoms with van der Waals surface area (Å²) in [6.07, 6.45) is 3.55. The molecule has 0 saturated carbocycles. The molecule has 0 radical (unpaired) electrons. The lowest BCUT2D eigenvalue weighted by atomic mass is 9.99. The Labute approximate surface area is 227 Å². The molecule has 200 valence electrons. The van der Waals surface area contributed by atoms with Crippen molar-refractivity contribution in [2.45, 2.75) is 44.3 Å². The lowest BCUT2D eigenvalue weighted by molar-refractivity contribution is -0.121. The Morgan fingerprint density at radius 3 is 2.24 bits per heavy atom. The SMILES string of the molecule is CCCc1cc(Oc2ccc(OC)cc2)ccc1OCCCCOc1cccc(C2(C)SC(=O)NC2=O)c1. The van der Waals surface area contributed by atoms with Gasteiger partial charge in [0.2, 0.25) is 5.91 Å². The molecular formula is C30H33NO6S. The fourth-order valence-corrected chi connectivity index (χ4v) is 5.03. The Kier molecular flexibility index (Phi) is 9.18. The summed E-state index contributed by atoms with van der Waals surface area (Å²) in [7, 11) is 1.64. The van der Waals surface area contributed by atoms with Crippen molar-refractivity contribution in [1.29, 1.82) is 0 Å². The van der Waals surface area contributed by atoms with Crippen LogP contribution in [0, 0.1) is 0 Å². The lowest BCUT2D eigenvalue weighted by Gasteiger charge is -2.19. The quantitative estimate of drug-likeness (QED) is 0.239. The van der Waals surface area contributed by atoms with Gasteiger partial charge in [-0.05, 0) is 104 Å². The number of imide groups is 1. The number of hydrogen-bond donors (Lipinski definition) is 1. The van der Waals surface area contributed by atoms with Crippen molar-refractivity contribution in [1.82, 2.24) is 5.32 Å². The summed E-state index contributed by atoms with van der Waals surface area (Å²) in [6.45, 7) is 5.00. The van der Waals surface area contributed by atoms with Crippen LogP contribution in [0.5, 0.6) is 28.7 Å². The molecule has 1 fully saturated rings. The summed E-state index contributed by atoms with van der Waals surface area (Å²) in [5, 5.41) is 2.03. The summed E-state index contributed by atoms with van der Waals surface area (Å²) < 4.78 is 22.3. The first-order valence-electron chi connectivity index (χ1n) is 12.8. The van der Waals surface area contributed by atoms with Crippen LogP contribution in [0.4, 0.5) is 4.79 Å². The molecule has 3 aromatic rings. The second kappa shape index (κ2) is 12.7. The lowest BCUT2D eigenvalue weighted by Crippen LogP contribution is -2.31. The molecule has 7 nitrogen and oxygen atoms in total. The number of carbonyl (C=O) groups is 2. The minimum Gasteiger partial charge on any atom is -0.497 e. The number of thioether (sulfide) groups is 1. The van der Waals surface area contributed by atoms with E-state index in [1.54, 1.807) is 14.0 Å². The maximum Gasteiger partial charge on any atom is 0.287 e. The number of aryl methyl sites for hydroxylation is 1. The van der Waals surface area contributed by atoms with Gasteiger partial charge in [0.15, 0.2) is 0 Å². The standard InChI is InChI=1S/C30H33NO6S/c1-4-8-21-19-26(37-24-13-11-23(34-3)12-14-24)15-16-27(21)36-18-6-5-17-35-25-10-7-9-22(20-25)30(2)28(32)31-29(33)38-30/h7,9-16,19-20H,4-6,8,17-18H2,1-3H3,(H,31,32,33). The van der Waals surface area contributed by atoms with Gasteiger partial charge in [-0.15, -0.1) is 0 Å². The van der Waals surface area contributed by atoms with E-state index in [-0.39, 0.29) is 11.1 Å². The Balaban J connectivity index is 1.25. The zero-order valence-electron chi connectivity index (χ0n) is 22.0. The van der Waals surface area contributed by atoms with Crippen molar-refractivity contribution in [3.05, 3.63) is 77.9 Å². The van der Waals surface area contributed by atoms with Crippen molar-refractivity contribution in [2.24, 2.45) is 0 Å². The van der Waals surface area contributed by atoms with Crippen LogP contribution in [0.2, 0.25) is 0 Å². The number of rotatable bonds is 13. The highest BCUT2D eigenvalue weighted by atomic mass is 32.2. The molecular weight excluding hydrogens is 502 g/mol. The van der Waals surface area contributed by atoms with Crippen LogP contribution in [0.3, 0.4) is 0 Å². The zero-order valence-corrected chi connectivity index (χ0v) is 22.8. The highest BCUT2D eigenvalue weighted by molar-refractivity contribution is 8.15. The molecule has 38 heavy (non-hydrogen) atoms. The van der Waals surface area contributed by atoms with Crippen LogP contribution >= 0.6 is 11.8 Å². The van der Waals surface area contributed by atoms with Gasteiger partial charge in [-0.3, -0.25) is 14.9 Å². The van der Waals surface area contributed by atoms with Crippen LogP contribution in [-0.2, 0) is 16.0 Å². The topological polar surface area (TPSA) is 83.1 Å². The van der Waals surface area contributed by atoms with Crippen LogP contribution < -0.4 is 24.3 Å². The molecule has 0 aliphatic carbocycles. The zero-order chi connectivity index (χ0) is 27.0. The highest BCUT2D eigenvalue weighted by Crippen LogP contribution is 2.41. The Bertz CT molecular complexity index is 1260. The van der Waals surface area contributed by atoms with E-state index >= 15 is 0 Å². The summed E-state index contributed by atoms with van der Waals surface area (Å²) in [4.78, 5) is 23.9. The van der Waals surface area contributed by atoms with Crippen LogP contribution in [0.15, 0.2) is 66.7 Å². The number of carbonyl (C=O) groups excluding carboxylic acids is 2. The highest BCUT2D eigenvalue weighted by Gasteiger charge is 2.45. The molecule has 0 spiro atoms. The van der Waals surface area contributed by atoms with E-state index in [1.807, 2.05) is 66.7 Å². The predicted molar refractivity (Wildman–Crippen MR) is 149 cm³/mol. The monoisotopic (exact) mass is 535 g/mol. The van der Waals surface area contributed by atoms with Crippen molar-refractivity contribution < 1.29 is 28.5 Å². The molecule has 2 amide bonds.